The quantitative estimate of drug-likeness (QED) is 0.445. The van der Waals surface area contributed by atoms with Crippen molar-refractivity contribution in [2.45, 2.75) is 13.1 Å². The monoisotopic (exact) mass is 383 g/mol. The van der Waals surface area contributed by atoms with Crippen LogP contribution in [0.5, 0.6) is 0 Å². The molecule has 1 heterocycles. The molecule has 0 aliphatic heterocycles. The van der Waals surface area contributed by atoms with Crippen molar-refractivity contribution in [2.75, 3.05) is 23.8 Å². The predicted molar refractivity (Wildman–Crippen MR) is 101 cm³/mol. The normalized spacial score (nSPS) is 10.6. The molecule has 0 aliphatic carbocycles. The first-order chi connectivity index (χ1) is 11.9. The van der Waals surface area contributed by atoms with Gasteiger partial charge in [0.2, 0.25) is 5.95 Å². The molecule has 0 unspecified atom stereocenters. The summed E-state index contributed by atoms with van der Waals surface area (Å²) < 4.78 is 0. The molecule has 0 atom stereocenters. The van der Waals surface area contributed by atoms with Gasteiger partial charge in [-0.15, -0.1) is 0 Å². The molecule has 0 spiro atoms. The fraction of sp³-hybridized carbons (Fsp3) is 0.250. The molecule has 0 radical (unpaired) electrons. The van der Waals surface area contributed by atoms with E-state index in [0.29, 0.717) is 33.8 Å². The molecule has 0 aliphatic rings. The SMILES string of the molecule is C=C(CO)CNc1c(CN)nc(NCc2ccc(Cl)c(Cl)c2)[nH]c1=O. The number of hydrogen-bond acceptors (Lipinski definition) is 6. The van der Waals surface area contributed by atoms with Crippen molar-refractivity contribution in [1.82, 2.24) is 9.97 Å². The van der Waals surface area contributed by atoms with Crippen LogP contribution in [0.4, 0.5) is 11.6 Å². The topological polar surface area (TPSA) is 116 Å². The van der Waals surface area contributed by atoms with Gasteiger partial charge in [-0.25, -0.2) is 4.98 Å². The number of benzene rings is 1. The number of halogens is 2. The number of aromatic amines is 1. The maximum atomic E-state index is 12.2. The maximum absolute atomic E-state index is 12.2. The van der Waals surface area contributed by atoms with E-state index in [9.17, 15) is 4.79 Å². The number of nitrogens with two attached hydrogens (primary N) is 1. The van der Waals surface area contributed by atoms with E-state index < -0.39 is 0 Å². The van der Waals surface area contributed by atoms with Gasteiger partial charge in [0.1, 0.15) is 5.69 Å². The number of nitrogens with one attached hydrogen (secondary N) is 3. The van der Waals surface area contributed by atoms with Crippen molar-refractivity contribution in [1.29, 1.82) is 0 Å². The molecule has 134 valence electrons. The minimum Gasteiger partial charge on any atom is -0.392 e. The van der Waals surface area contributed by atoms with Crippen molar-refractivity contribution >= 4 is 34.8 Å². The lowest BCUT2D eigenvalue weighted by atomic mass is 10.2. The van der Waals surface area contributed by atoms with Crippen LogP contribution in [0.25, 0.3) is 0 Å². The Bertz CT molecular complexity index is 823. The molecule has 2 rings (SSSR count). The summed E-state index contributed by atoms with van der Waals surface area (Å²) in [4.78, 5) is 19.2. The maximum Gasteiger partial charge on any atom is 0.275 e. The third kappa shape index (κ3) is 5.20. The van der Waals surface area contributed by atoms with Gasteiger partial charge in [0, 0.05) is 19.6 Å². The first-order valence-corrected chi connectivity index (χ1v) is 8.22. The predicted octanol–water partition coefficient (Wildman–Crippen LogP) is 2.11. The van der Waals surface area contributed by atoms with Crippen LogP contribution in [0.2, 0.25) is 10.0 Å². The van der Waals surface area contributed by atoms with Crippen molar-refractivity contribution in [3.05, 3.63) is 62.0 Å². The highest BCUT2D eigenvalue weighted by Crippen LogP contribution is 2.22. The van der Waals surface area contributed by atoms with Crippen LogP contribution in [0.3, 0.4) is 0 Å². The Hall–Kier alpha value is -2.06. The van der Waals surface area contributed by atoms with E-state index in [0.717, 1.165) is 5.56 Å². The molecule has 7 nitrogen and oxygen atoms in total. The number of rotatable bonds is 8. The third-order valence-electron chi connectivity index (χ3n) is 3.37. The van der Waals surface area contributed by atoms with Crippen molar-refractivity contribution < 1.29 is 5.11 Å². The largest absolute Gasteiger partial charge is 0.392 e. The third-order valence-corrected chi connectivity index (χ3v) is 4.11. The van der Waals surface area contributed by atoms with Gasteiger partial charge >= 0.3 is 0 Å². The summed E-state index contributed by atoms with van der Waals surface area (Å²) >= 11 is 11.9. The van der Waals surface area contributed by atoms with Crippen LogP contribution in [0, 0.1) is 0 Å². The van der Waals surface area contributed by atoms with Gasteiger partial charge in [-0.1, -0.05) is 35.8 Å². The van der Waals surface area contributed by atoms with Gasteiger partial charge in [-0.2, -0.15) is 0 Å². The molecule has 0 amide bonds. The fourth-order valence-electron chi connectivity index (χ4n) is 2.04. The van der Waals surface area contributed by atoms with Gasteiger partial charge in [0.25, 0.3) is 5.56 Å². The Kier molecular flexibility index (Phi) is 6.83. The standard InChI is InChI=1S/C16H19Cl2N5O2/c1-9(8-24)6-20-14-13(5-19)22-16(23-15(14)25)21-7-10-2-3-11(17)12(18)4-10/h2-4,20,24H,1,5-8,19H2,(H2,21,22,23,25). The summed E-state index contributed by atoms with van der Waals surface area (Å²) in [6, 6.07) is 5.25. The number of H-pyrrole nitrogens is 1. The summed E-state index contributed by atoms with van der Waals surface area (Å²) in [7, 11) is 0. The second kappa shape index (κ2) is 8.87. The molecular weight excluding hydrogens is 365 g/mol. The number of nitrogens with zero attached hydrogens (tertiary/aromatic N) is 1. The first-order valence-electron chi connectivity index (χ1n) is 7.47. The summed E-state index contributed by atoms with van der Waals surface area (Å²) in [5.41, 5.74) is 7.42. The van der Waals surface area contributed by atoms with E-state index in [1.165, 1.54) is 0 Å². The Morgan fingerprint density at radius 3 is 2.72 bits per heavy atom. The van der Waals surface area contributed by atoms with Crippen LogP contribution < -0.4 is 21.9 Å². The second-order valence-corrected chi connectivity index (χ2v) is 6.12. The molecule has 1 aromatic heterocycles. The van der Waals surface area contributed by atoms with E-state index >= 15 is 0 Å². The Morgan fingerprint density at radius 2 is 2.08 bits per heavy atom. The van der Waals surface area contributed by atoms with Gasteiger partial charge in [-0.05, 0) is 23.3 Å². The molecule has 0 bridgehead atoms. The zero-order valence-corrected chi connectivity index (χ0v) is 14.9. The Balaban J connectivity index is 2.13. The lowest BCUT2D eigenvalue weighted by Crippen LogP contribution is -2.23. The molecule has 6 N–H and O–H groups in total. The number of aliphatic hydroxyl groups excluding tert-OH is 1. The fourth-order valence-corrected chi connectivity index (χ4v) is 2.36. The lowest BCUT2D eigenvalue weighted by molar-refractivity contribution is 0.331. The smallest absolute Gasteiger partial charge is 0.275 e. The number of aliphatic hydroxyl groups is 1. The van der Waals surface area contributed by atoms with E-state index in [-0.39, 0.29) is 30.9 Å². The lowest BCUT2D eigenvalue weighted by Gasteiger charge is -2.12. The van der Waals surface area contributed by atoms with Crippen molar-refractivity contribution in [2.24, 2.45) is 5.73 Å². The summed E-state index contributed by atoms with van der Waals surface area (Å²) in [5.74, 6) is 0.294. The average Bonchev–Trinajstić information content (AvgIpc) is 2.60. The van der Waals surface area contributed by atoms with Crippen LogP contribution in [0.15, 0.2) is 35.1 Å². The average molecular weight is 384 g/mol. The second-order valence-electron chi connectivity index (χ2n) is 5.30. The number of anilines is 2. The molecule has 0 saturated carbocycles. The van der Waals surface area contributed by atoms with E-state index in [4.69, 9.17) is 34.0 Å². The highest BCUT2D eigenvalue weighted by atomic mass is 35.5. The molecule has 25 heavy (non-hydrogen) atoms. The zero-order valence-electron chi connectivity index (χ0n) is 13.4. The summed E-state index contributed by atoms with van der Waals surface area (Å²) in [6.45, 7) is 4.23. The van der Waals surface area contributed by atoms with Crippen molar-refractivity contribution in [3.63, 3.8) is 0 Å². The minimum absolute atomic E-state index is 0.0826. The Morgan fingerprint density at radius 1 is 1.32 bits per heavy atom. The molecule has 9 heteroatoms. The summed E-state index contributed by atoms with van der Waals surface area (Å²) in [6.07, 6.45) is 0. The highest BCUT2D eigenvalue weighted by molar-refractivity contribution is 6.42. The van der Waals surface area contributed by atoms with E-state index in [1.807, 2.05) is 6.07 Å². The first kappa shape index (κ1) is 19.3. The van der Waals surface area contributed by atoms with Gasteiger partial charge in [0.05, 0.1) is 22.3 Å². The van der Waals surface area contributed by atoms with E-state index in [2.05, 4.69) is 27.2 Å². The van der Waals surface area contributed by atoms with Gasteiger partial charge in [0.15, 0.2) is 0 Å². The summed E-state index contributed by atoms with van der Waals surface area (Å²) in [5, 5.41) is 15.8. The van der Waals surface area contributed by atoms with Crippen LogP contribution >= 0.6 is 23.2 Å². The minimum atomic E-state index is -0.363. The van der Waals surface area contributed by atoms with Crippen molar-refractivity contribution in [3.8, 4) is 0 Å². The van der Waals surface area contributed by atoms with E-state index in [1.54, 1.807) is 12.1 Å². The van der Waals surface area contributed by atoms with Gasteiger partial charge < -0.3 is 21.5 Å². The number of hydrogen-bond donors (Lipinski definition) is 5. The molecule has 0 saturated heterocycles. The van der Waals surface area contributed by atoms with Crippen LogP contribution in [-0.2, 0) is 13.1 Å². The molecular formula is C16H19Cl2N5O2. The Labute approximate surface area is 154 Å². The molecule has 0 fully saturated rings. The van der Waals surface area contributed by atoms with Crippen LogP contribution in [0.1, 0.15) is 11.3 Å². The highest BCUT2D eigenvalue weighted by Gasteiger charge is 2.10. The zero-order chi connectivity index (χ0) is 18.4. The van der Waals surface area contributed by atoms with Crippen LogP contribution in [-0.4, -0.2) is 28.2 Å². The molecule has 1 aromatic carbocycles. The molecule has 2 aromatic rings. The number of aromatic nitrogens is 2. The van der Waals surface area contributed by atoms with Gasteiger partial charge in [-0.3, -0.25) is 9.78 Å².